The molecule has 0 fully saturated rings. The molecular formula is C47H60N14O10. The summed E-state index contributed by atoms with van der Waals surface area (Å²) in [7, 11) is 4.29. The number of aliphatic imine (C=N–C) groups is 2. The fourth-order valence-corrected chi connectivity index (χ4v) is 6.18. The number of nitrogens with one attached hydrogen (secondary N) is 4. The van der Waals surface area contributed by atoms with E-state index in [1.165, 1.54) is 21.3 Å². The number of carboxylic acids is 1. The summed E-state index contributed by atoms with van der Waals surface area (Å²) < 4.78 is 15.0. The first kappa shape index (κ1) is 56.4. The number of carbonyl (C=O) groups excluding carboxylic acids is 5. The molecule has 0 saturated carbocycles. The van der Waals surface area contributed by atoms with E-state index in [1.807, 2.05) is 36.4 Å². The number of nitrogens with two attached hydrogens (primary N) is 4. The van der Waals surface area contributed by atoms with E-state index in [1.54, 1.807) is 72.8 Å². The topological polar surface area (TPSA) is 377 Å². The van der Waals surface area contributed by atoms with Crippen LogP contribution in [-0.4, -0.2) is 111 Å². The second-order valence-corrected chi connectivity index (χ2v) is 15.1. The number of aliphatic carboxylic acids is 1. The number of guanidine groups is 2. The maximum atomic E-state index is 13.1. The first-order valence-electron chi connectivity index (χ1n) is 21.9. The van der Waals surface area contributed by atoms with Crippen LogP contribution in [0.15, 0.2) is 140 Å². The number of nitrogens with zero attached hydrogens (tertiary/aromatic N) is 6. The van der Waals surface area contributed by atoms with Gasteiger partial charge in [0.15, 0.2) is 11.9 Å². The van der Waals surface area contributed by atoms with E-state index in [0.717, 1.165) is 11.1 Å². The van der Waals surface area contributed by atoms with Gasteiger partial charge in [0, 0.05) is 25.9 Å². The van der Waals surface area contributed by atoms with Crippen LogP contribution in [-0.2, 0) is 36.8 Å². The molecule has 24 nitrogen and oxygen atoms in total. The van der Waals surface area contributed by atoms with Crippen LogP contribution in [0.1, 0.15) is 36.8 Å². The third kappa shape index (κ3) is 22.6. The maximum Gasteiger partial charge on any atom is 0.360 e. The molecule has 0 heterocycles. The molecule has 4 unspecified atom stereocenters. The maximum absolute atomic E-state index is 13.1. The van der Waals surface area contributed by atoms with Gasteiger partial charge >= 0.3 is 24.0 Å². The molecule has 0 radical (unpaired) electrons. The average Bonchev–Trinajstić information content (AvgIpc) is 3.37. The summed E-state index contributed by atoms with van der Waals surface area (Å²) in [5, 5.41) is 34.7. The Morgan fingerprint density at radius 3 is 1.25 bits per heavy atom. The minimum absolute atomic E-state index is 0.0666. The van der Waals surface area contributed by atoms with Crippen LogP contribution in [0.3, 0.4) is 0 Å². The normalized spacial score (nSPS) is 12.3. The van der Waals surface area contributed by atoms with Crippen molar-refractivity contribution in [3.05, 3.63) is 120 Å². The van der Waals surface area contributed by atoms with E-state index in [2.05, 4.69) is 51.7 Å². The largest absolute Gasteiger partial charge is 0.497 e. The number of esters is 1. The van der Waals surface area contributed by atoms with Crippen molar-refractivity contribution in [2.24, 2.45) is 53.4 Å². The van der Waals surface area contributed by atoms with E-state index >= 15 is 0 Å². The quantitative estimate of drug-likeness (QED) is 0.0160. The number of urea groups is 2. The van der Waals surface area contributed by atoms with E-state index in [0.29, 0.717) is 35.7 Å². The van der Waals surface area contributed by atoms with Crippen LogP contribution < -0.4 is 53.7 Å². The lowest BCUT2D eigenvalue weighted by Crippen LogP contribution is -2.52. The molecule has 71 heavy (non-hydrogen) atoms. The number of carboxylic acid groups (broad SMARTS) is 1. The predicted octanol–water partition coefficient (Wildman–Crippen LogP) is 3.53. The molecule has 24 heteroatoms. The fraction of sp³-hybridized carbons (Fsp3) is 0.319. The standard InChI is InChI=1S/C24H31N7O5.C23H29N7O5/c1-35-18-12-10-17(11-13-18)30-31-24(34)29-20(15-16-7-4-3-5-8-16)21(32)28-19(22(33)36-2)9-6-14-27-23(25)26;1-35-17-11-9-16(10-12-17)29-30-23(34)28-19(14-15-6-3-2-4-7-15)20(31)27-18(21(32)33)8-5-13-26-22(24)25/h3-5,7-8,10-13,19-20H,6,9,14-15H2,1-2H3,(H,28,32)(H,29,34)(H4,25,26,27);2-4,6-7,9-12,18-19H,5,8,13-14H2,1H3,(H,27,31)(H,28,34)(H,32,33)(H4,24,25,26). The van der Waals surface area contributed by atoms with E-state index < -0.39 is 60.0 Å². The lowest BCUT2D eigenvalue weighted by molar-refractivity contribution is -0.145. The van der Waals surface area contributed by atoms with Gasteiger partial charge in [0.1, 0.15) is 35.7 Å². The SMILES string of the molecule is COC(=O)C(CCCN=C(N)N)NC(=O)C(Cc1ccccc1)NC(=O)N=Nc1ccc(OC)cc1.COc1ccc(N=NC(=O)NC(Cc2ccccc2)C(=O)NC(CCCN=C(N)N)C(=O)O)cc1. The molecule has 4 rings (SSSR count). The minimum atomic E-state index is -1.22. The number of methoxy groups -OCH3 is 3. The number of amides is 6. The number of benzene rings is 4. The molecule has 0 bridgehead atoms. The zero-order valence-electron chi connectivity index (χ0n) is 39.5. The van der Waals surface area contributed by atoms with Gasteiger partial charge in [-0.05, 0) is 85.3 Å². The van der Waals surface area contributed by atoms with Crippen molar-refractivity contribution in [2.45, 2.75) is 62.7 Å². The highest BCUT2D eigenvalue weighted by molar-refractivity contribution is 5.91. The third-order valence-corrected chi connectivity index (χ3v) is 9.76. The Balaban J connectivity index is 0.000000375. The predicted molar refractivity (Wildman–Crippen MR) is 263 cm³/mol. The summed E-state index contributed by atoms with van der Waals surface area (Å²) in [5.41, 5.74) is 23.6. The smallest absolute Gasteiger partial charge is 0.360 e. The van der Waals surface area contributed by atoms with Gasteiger partial charge < -0.3 is 63.5 Å². The van der Waals surface area contributed by atoms with Crippen LogP contribution in [0.5, 0.6) is 11.5 Å². The number of hydrogen-bond acceptors (Lipinski definition) is 13. The van der Waals surface area contributed by atoms with Crippen molar-refractivity contribution in [2.75, 3.05) is 34.4 Å². The summed E-state index contributed by atoms with van der Waals surface area (Å²) in [5.74, 6) is -2.00. The van der Waals surface area contributed by atoms with Crippen LogP contribution in [0.2, 0.25) is 0 Å². The van der Waals surface area contributed by atoms with Gasteiger partial charge in [-0.2, -0.15) is 0 Å². The Bertz CT molecular complexity index is 2430. The number of hydrogen-bond donors (Lipinski definition) is 9. The van der Waals surface area contributed by atoms with Crippen molar-refractivity contribution in [3.8, 4) is 11.5 Å². The molecule has 4 aromatic rings. The molecule has 378 valence electrons. The molecule has 0 aliphatic rings. The van der Waals surface area contributed by atoms with Gasteiger partial charge in [-0.3, -0.25) is 19.6 Å². The average molecular weight is 981 g/mol. The number of carbonyl (C=O) groups is 6. The molecule has 0 saturated heterocycles. The molecule has 6 amide bonds. The second kappa shape index (κ2) is 31.2. The zero-order valence-corrected chi connectivity index (χ0v) is 39.5. The number of ether oxygens (including phenoxy) is 3. The van der Waals surface area contributed by atoms with Crippen molar-refractivity contribution < 1.29 is 48.1 Å². The molecule has 4 aromatic carbocycles. The molecule has 0 aromatic heterocycles. The second-order valence-electron chi connectivity index (χ2n) is 15.1. The number of azo groups is 2. The van der Waals surface area contributed by atoms with Gasteiger partial charge in [-0.25, -0.2) is 19.2 Å². The molecule has 0 spiro atoms. The monoisotopic (exact) mass is 980 g/mol. The molecule has 4 atom stereocenters. The van der Waals surface area contributed by atoms with Crippen molar-refractivity contribution in [3.63, 3.8) is 0 Å². The highest BCUT2D eigenvalue weighted by atomic mass is 16.5. The summed E-state index contributed by atoms with van der Waals surface area (Å²) in [4.78, 5) is 82.5. The summed E-state index contributed by atoms with van der Waals surface area (Å²) >= 11 is 0. The van der Waals surface area contributed by atoms with Gasteiger partial charge in [0.2, 0.25) is 11.8 Å². The van der Waals surface area contributed by atoms with Crippen LogP contribution in [0.25, 0.3) is 0 Å². The van der Waals surface area contributed by atoms with Crippen LogP contribution >= 0.6 is 0 Å². The summed E-state index contributed by atoms with van der Waals surface area (Å²) in [6.07, 6.45) is 1.37. The molecule has 13 N–H and O–H groups in total. The Hall–Kier alpha value is -8.96. The summed E-state index contributed by atoms with van der Waals surface area (Å²) in [6, 6.07) is 25.3. The lowest BCUT2D eigenvalue weighted by Gasteiger charge is -2.21. The van der Waals surface area contributed by atoms with Crippen molar-refractivity contribution in [1.82, 2.24) is 21.3 Å². The first-order valence-corrected chi connectivity index (χ1v) is 21.9. The Morgan fingerprint density at radius 2 is 0.901 bits per heavy atom. The highest BCUT2D eigenvalue weighted by Gasteiger charge is 2.29. The van der Waals surface area contributed by atoms with Gasteiger partial charge in [0.25, 0.3) is 0 Å². The Labute approximate surface area is 409 Å². The first-order chi connectivity index (χ1) is 34.1. The van der Waals surface area contributed by atoms with Crippen LogP contribution in [0, 0.1) is 0 Å². The minimum Gasteiger partial charge on any atom is -0.497 e. The number of rotatable bonds is 24. The van der Waals surface area contributed by atoms with Gasteiger partial charge in [0.05, 0.1) is 32.7 Å². The molecule has 0 aliphatic heterocycles. The fourth-order valence-electron chi connectivity index (χ4n) is 6.18. The van der Waals surface area contributed by atoms with Crippen LogP contribution in [0.4, 0.5) is 21.0 Å². The molecular weight excluding hydrogens is 921 g/mol. The van der Waals surface area contributed by atoms with E-state index in [-0.39, 0.29) is 50.7 Å². The Kier molecular flexibility index (Phi) is 24.7. The van der Waals surface area contributed by atoms with Gasteiger partial charge in [-0.1, -0.05) is 70.9 Å². The van der Waals surface area contributed by atoms with Gasteiger partial charge in [-0.15, -0.1) is 10.2 Å². The van der Waals surface area contributed by atoms with Crippen molar-refractivity contribution in [1.29, 1.82) is 0 Å². The zero-order chi connectivity index (χ0) is 52.0. The lowest BCUT2D eigenvalue weighted by atomic mass is 10.0. The summed E-state index contributed by atoms with van der Waals surface area (Å²) in [6.45, 7) is 0.500. The van der Waals surface area contributed by atoms with E-state index in [4.69, 9.17) is 37.1 Å². The van der Waals surface area contributed by atoms with Crippen molar-refractivity contribution >= 4 is 59.1 Å². The highest BCUT2D eigenvalue weighted by Crippen LogP contribution is 2.19. The van der Waals surface area contributed by atoms with E-state index in [9.17, 15) is 33.9 Å². The molecule has 0 aliphatic carbocycles. The third-order valence-electron chi connectivity index (χ3n) is 9.76. The Morgan fingerprint density at radius 1 is 0.521 bits per heavy atom.